The molecule has 2 aromatic carbocycles. The summed E-state index contributed by atoms with van der Waals surface area (Å²) >= 11 is 0. The van der Waals surface area contributed by atoms with E-state index in [9.17, 15) is 4.79 Å². The standard InChI is InChI=1S/C19H22N2O2/c1-3-23-17(20-2)13-19(14-9-5-4-6-10-14)15-11-7-8-12-16(15)21-18(19)22/h4-12,17,20H,3,13H2,1-2H3,(H,21,22). The maximum absolute atomic E-state index is 13.0. The van der Waals surface area contributed by atoms with Gasteiger partial charge in [0.05, 0.1) is 0 Å². The lowest BCUT2D eigenvalue weighted by Crippen LogP contribution is -2.43. The van der Waals surface area contributed by atoms with Crippen LogP contribution in [0.4, 0.5) is 5.69 Å². The number of hydrogen-bond donors (Lipinski definition) is 2. The van der Waals surface area contributed by atoms with E-state index in [0.29, 0.717) is 13.0 Å². The summed E-state index contributed by atoms with van der Waals surface area (Å²) in [5, 5.41) is 6.21. The van der Waals surface area contributed by atoms with Gasteiger partial charge in [0.2, 0.25) is 5.91 Å². The van der Waals surface area contributed by atoms with E-state index in [0.717, 1.165) is 16.8 Å². The van der Waals surface area contributed by atoms with Crippen LogP contribution in [-0.4, -0.2) is 25.8 Å². The Morgan fingerprint density at radius 2 is 1.83 bits per heavy atom. The number of hydrogen-bond acceptors (Lipinski definition) is 3. The van der Waals surface area contributed by atoms with E-state index >= 15 is 0 Å². The Bertz CT molecular complexity index is 687. The molecule has 0 saturated heterocycles. The molecule has 1 aliphatic heterocycles. The van der Waals surface area contributed by atoms with Gasteiger partial charge in [0, 0.05) is 18.7 Å². The molecule has 4 nitrogen and oxygen atoms in total. The van der Waals surface area contributed by atoms with Crippen molar-refractivity contribution in [3.05, 3.63) is 65.7 Å². The van der Waals surface area contributed by atoms with Crippen LogP contribution in [0.15, 0.2) is 54.6 Å². The van der Waals surface area contributed by atoms with Crippen molar-refractivity contribution >= 4 is 11.6 Å². The van der Waals surface area contributed by atoms with Gasteiger partial charge in [-0.1, -0.05) is 48.5 Å². The Morgan fingerprint density at radius 3 is 2.52 bits per heavy atom. The van der Waals surface area contributed by atoms with Gasteiger partial charge in [0.15, 0.2) is 0 Å². The first-order chi connectivity index (χ1) is 11.2. The van der Waals surface area contributed by atoms with Crippen LogP contribution in [0.2, 0.25) is 0 Å². The Kier molecular flexibility index (Phi) is 4.46. The molecule has 3 rings (SSSR count). The van der Waals surface area contributed by atoms with E-state index in [2.05, 4.69) is 10.6 Å². The highest BCUT2D eigenvalue weighted by molar-refractivity contribution is 6.08. The van der Waals surface area contributed by atoms with E-state index in [1.54, 1.807) is 0 Å². The lowest BCUT2D eigenvalue weighted by atomic mass is 9.72. The number of carbonyl (C=O) groups excluding carboxylic acids is 1. The minimum absolute atomic E-state index is 0.00449. The predicted molar refractivity (Wildman–Crippen MR) is 91.4 cm³/mol. The second kappa shape index (κ2) is 6.52. The summed E-state index contributed by atoms with van der Waals surface area (Å²) in [6.45, 7) is 2.56. The number of benzene rings is 2. The van der Waals surface area contributed by atoms with Gasteiger partial charge in [-0.15, -0.1) is 0 Å². The van der Waals surface area contributed by atoms with Gasteiger partial charge in [-0.2, -0.15) is 0 Å². The number of carbonyl (C=O) groups is 1. The normalized spacial score (nSPS) is 20.9. The molecule has 1 heterocycles. The molecule has 1 amide bonds. The summed E-state index contributed by atoms with van der Waals surface area (Å²) in [6.07, 6.45) is 0.349. The van der Waals surface area contributed by atoms with E-state index in [-0.39, 0.29) is 12.1 Å². The molecule has 0 aliphatic carbocycles. The average Bonchev–Trinajstić information content (AvgIpc) is 2.88. The molecule has 0 fully saturated rings. The van der Waals surface area contributed by atoms with Crippen LogP contribution in [0.5, 0.6) is 0 Å². The zero-order valence-electron chi connectivity index (χ0n) is 13.5. The third-order valence-electron chi connectivity index (χ3n) is 4.47. The molecule has 0 radical (unpaired) electrons. The number of para-hydroxylation sites is 1. The number of ether oxygens (including phenoxy) is 1. The molecule has 0 bridgehead atoms. The van der Waals surface area contributed by atoms with Crippen molar-refractivity contribution in [3.63, 3.8) is 0 Å². The molecule has 23 heavy (non-hydrogen) atoms. The third kappa shape index (κ3) is 2.64. The summed E-state index contributed by atoms with van der Waals surface area (Å²) in [5.74, 6) is 0.00449. The smallest absolute Gasteiger partial charge is 0.239 e. The summed E-state index contributed by atoms with van der Waals surface area (Å²) in [7, 11) is 1.86. The number of fused-ring (bicyclic) bond motifs is 1. The Morgan fingerprint density at radius 1 is 1.13 bits per heavy atom. The Balaban J connectivity index is 2.14. The van der Waals surface area contributed by atoms with Crippen LogP contribution < -0.4 is 10.6 Å². The van der Waals surface area contributed by atoms with Crippen LogP contribution in [0.3, 0.4) is 0 Å². The highest BCUT2D eigenvalue weighted by Crippen LogP contribution is 2.45. The summed E-state index contributed by atoms with van der Waals surface area (Å²) in [5.41, 5.74) is 2.15. The molecular weight excluding hydrogens is 288 g/mol. The average molecular weight is 310 g/mol. The fraction of sp³-hybridized carbons (Fsp3) is 0.316. The molecule has 4 heteroatoms. The molecular formula is C19H22N2O2. The number of rotatable bonds is 6. The van der Waals surface area contributed by atoms with Gasteiger partial charge in [0.1, 0.15) is 11.6 Å². The van der Waals surface area contributed by atoms with Gasteiger partial charge in [-0.25, -0.2) is 0 Å². The Labute approximate surface area is 136 Å². The van der Waals surface area contributed by atoms with E-state index in [4.69, 9.17) is 4.74 Å². The minimum Gasteiger partial charge on any atom is -0.364 e. The van der Waals surface area contributed by atoms with Gasteiger partial charge in [-0.3, -0.25) is 10.1 Å². The zero-order valence-corrected chi connectivity index (χ0v) is 13.5. The van der Waals surface area contributed by atoms with Crippen molar-refractivity contribution in [1.29, 1.82) is 0 Å². The van der Waals surface area contributed by atoms with Crippen molar-refractivity contribution < 1.29 is 9.53 Å². The largest absolute Gasteiger partial charge is 0.364 e. The molecule has 2 aromatic rings. The predicted octanol–water partition coefficient (Wildman–Crippen LogP) is 2.90. The van der Waals surface area contributed by atoms with Gasteiger partial charge >= 0.3 is 0 Å². The fourth-order valence-electron chi connectivity index (χ4n) is 3.37. The zero-order chi connectivity index (χ0) is 16.3. The first-order valence-electron chi connectivity index (χ1n) is 7.97. The highest BCUT2D eigenvalue weighted by Gasteiger charge is 2.49. The molecule has 0 aromatic heterocycles. The molecule has 0 spiro atoms. The van der Waals surface area contributed by atoms with Crippen LogP contribution in [0, 0.1) is 0 Å². The highest BCUT2D eigenvalue weighted by atomic mass is 16.5. The fourth-order valence-corrected chi connectivity index (χ4v) is 3.37. The molecule has 2 N–H and O–H groups in total. The van der Waals surface area contributed by atoms with Crippen LogP contribution in [0.25, 0.3) is 0 Å². The van der Waals surface area contributed by atoms with E-state index in [1.807, 2.05) is 68.6 Å². The maximum atomic E-state index is 13.0. The minimum atomic E-state index is -0.735. The van der Waals surface area contributed by atoms with Crippen LogP contribution in [-0.2, 0) is 14.9 Å². The van der Waals surface area contributed by atoms with E-state index < -0.39 is 5.41 Å². The summed E-state index contributed by atoms with van der Waals surface area (Å²) in [4.78, 5) is 13.0. The Hall–Kier alpha value is -2.17. The first-order valence-corrected chi connectivity index (χ1v) is 7.97. The van der Waals surface area contributed by atoms with Crippen molar-refractivity contribution in [1.82, 2.24) is 5.32 Å². The molecule has 2 atom stereocenters. The number of anilines is 1. The summed E-state index contributed by atoms with van der Waals surface area (Å²) < 4.78 is 5.77. The van der Waals surface area contributed by atoms with Gasteiger partial charge < -0.3 is 10.1 Å². The second-order valence-corrected chi connectivity index (χ2v) is 5.71. The SMILES string of the molecule is CCOC(CC1(c2ccccc2)C(=O)Nc2ccccc21)NC. The van der Waals surface area contributed by atoms with Crippen molar-refractivity contribution in [2.75, 3.05) is 19.0 Å². The number of nitrogens with one attached hydrogen (secondary N) is 2. The first kappa shape index (κ1) is 15.7. The molecule has 1 aliphatic rings. The third-order valence-corrected chi connectivity index (χ3v) is 4.47. The second-order valence-electron chi connectivity index (χ2n) is 5.71. The van der Waals surface area contributed by atoms with Crippen molar-refractivity contribution in [3.8, 4) is 0 Å². The topological polar surface area (TPSA) is 50.4 Å². The van der Waals surface area contributed by atoms with Crippen molar-refractivity contribution in [2.45, 2.75) is 25.0 Å². The lowest BCUT2D eigenvalue weighted by molar-refractivity contribution is -0.121. The summed E-state index contributed by atoms with van der Waals surface area (Å²) in [6, 6.07) is 17.8. The molecule has 120 valence electrons. The lowest BCUT2D eigenvalue weighted by Gasteiger charge is -2.32. The van der Waals surface area contributed by atoms with Crippen molar-refractivity contribution in [2.24, 2.45) is 0 Å². The number of amides is 1. The van der Waals surface area contributed by atoms with Gasteiger partial charge in [0.25, 0.3) is 0 Å². The van der Waals surface area contributed by atoms with Crippen LogP contribution in [0.1, 0.15) is 24.5 Å². The van der Waals surface area contributed by atoms with Crippen LogP contribution >= 0.6 is 0 Å². The molecule has 0 saturated carbocycles. The molecule has 2 unspecified atom stereocenters. The monoisotopic (exact) mass is 310 g/mol. The van der Waals surface area contributed by atoms with Gasteiger partial charge in [-0.05, 0) is 31.2 Å². The quantitative estimate of drug-likeness (QED) is 0.807. The van der Waals surface area contributed by atoms with E-state index in [1.165, 1.54) is 0 Å². The maximum Gasteiger partial charge on any atom is 0.239 e.